The van der Waals surface area contributed by atoms with Crippen molar-refractivity contribution in [3.63, 3.8) is 0 Å². The lowest BCUT2D eigenvalue weighted by Crippen LogP contribution is -2.49. The third-order valence-electron chi connectivity index (χ3n) is 7.41. The molecule has 0 radical (unpaired) electrons. The van der Waals surface area contributed by atoms with Crippen molar-refractivity contribution < 1.29 is 23.4 Å². The molecule has 0 amide bonds. The smallest absolute Gasteiger partial charge is 0.356 e. The van der Waals surface area contributed by atoms with E-state index in [2.05, 4.69) is 16.4 Å². The molecule has 36 heavy (non-hydrogen) atoms. The van der Waals surface area contributed by atoms with E-state index in [4.69, 9.17) is 20.8 Å². The lowest BCUT2D eigenvalue weighted by molar-refractivity contribution is -0.180. The van der Waals surface area contributed by atoms with Crippen LogP contribution in [0, 0.1) is 29.5 Å². The van der Waals surface area contributed by atoms with E-state index in [-0.39, 0.29) is 39.5 Å². The highest BCUT2D eigenvalue weighted by atomic mass is 35.5. The van der Waals surface area contributed by atoms with Crippen LogP contribution in [0.1, 0.15) is 66.0 Å². The van der Waals surface area contributed by atoms with Crippen LogP contribution >= 0.6 is 11.6 Å². The molecule has 2 saturated heterocycles. The normalized spacial score (nSPS) is 23.9. The number of halogens is 2. The van der Waals surface area contributed by atoms with Crippen LogP contribution in [0.25, 0.3) is 11.0 Å². The molecule has 186 valence electrons. The van der Waals surface area contributed by atoms with Crippen LogP contribution in [0.5, 0.6) is 0 Å². The van der Waals surface area contributed by atoms with Crippen molar-refractivity contribution in [3.8, 4) is 6.07 Å². The summed E-state index contributed by atoms with van der Waals surface area (Å²) in [5.41, 5.74) is -0.916. The first-order valence-electron chi connectivity index (χ1n) is 11.6. The van der Waals surface area contributed by atoms with Gasteiger partial charge in [0.2, 0.25) is 0 Å². The molecule has 0 unspecified atom stereocenters. The Morgan fingerprint density at radius 3 is 2.64 bits per heavy atom. The van der Waals surface area contributed by atoms with Gasteiger partial charge in [-0.25, -0.2) is 14.2 Å². The first-order chi connectivity index (χ1) is 17.1. The topological polar surface area (TPSA) is 125 Å². The maximum absolute atomic E-state index is 14.7. The van der Waals surface area contributed by atoms with Gasteiger partial charge >= 0.3 is 5.97 Å². The van der Waals surface area contributed by atoms with Gasteiger partial charge in [0.05, 0.1) is 35.2 Å². The van der Waals surface area contributed by atoms with Gasteiger partial charge in [0.15, 0.2) is 11.1 Å². The first-order valence-corrected chi connectivity index (χ1v) is 11.9. The zero-order valence-electron chi connectivity index (χ0n) is 19.7. The maximum atomic E-state index is 14.7. The second-order valence-electron chi connectivity index (χ2n) is 9.63. The van der Waals surface area contributed by atoms with Crippen LogP contribution in [0.2, 0.25) is 5.15 Å². The molecule has 2 bridgehead atoms. The van der Waals surface area contributed by atoms with Gasteiger partial charge in [-0.15, -0.1) is 0 Å². The Morgan fingerprint density at radius 2 is 2.03 bits per heavy atom. The van der Waals surface area contributed by atoms with Crippen molar-refractivity contribution in [2.45, 2.75) is 51.2 Å². The van der Waals surface area contributed by atoms with Gasteiger partial charge in [-0.2, -0.15) is 5.26 Å². The second kappa shape index (κ2) is 8.57. The molecule has 2 N–H and O–H groups in total. The number of nitriles is 1. The van der Waals surface area contributed by atoms with E-state index >= 15 is 0 Å². The molecule has 1 saturated carbocycles. The van der Waals surface area contributed by atoms with E-state index in [9.17, 15) is 24.3 Å². The molecule has 8 nitrogen and oxygen atoms in total. The van der Waals surface area contributed by atoms with Crippen LogP contribution in [0.15, 0.2) is 33.5 Å². The van der Waals surface area contributed by atoms with E-state index in [1.54, 1.807) is 13.8 Å². The molecule has 2 aromatic heterocycles. The average molecular weight is 512 g/mol. The Labute approximate surface area is 210 Å². The molecule has 10 heteroatoms. The zero-order chi connectivity index (χ0) is 25.8. The summed E-state index contributed by atoms with van der Waals surface area (Å²) >= 11 is 5.85. The van der Waals surface area contributed by atoms with Gasteiger partial charge in [-0.05, 0) is 63.8 Å². The number of carboxylic acids is 1. The van der Waals surface area contributed by atoms with Crippen LogP contribution in [-0.2, 0) is 10.3 Å². The minimum absolute atomic E-state index is 0.0209. The molecular formula is C26H23ClFN3O5. The van der Waals surface area contributed by atoms with Crippen LogP contribution in [0.4, 0.5) is 10.1 Å². The van der Waals surface area contributed by atoms with Crippen molar-refractivity contribution in [3.05, 3.63) is 68.0 Å². The zero-order valence-corrected chi connectivity index (χ0v) is 20.4. The molecule has 2 aliphatic heterocycles. The lowest BCUT2D eigenvalue weighted by Gasteiger charge is -2.49. The summed E-state index contributed by atoms with van der Waals surface area (Å²) in [7, 11) is 0. The van der Waals surface area contributed by atoms with Crippen molar-refractivity contribution in [2.75, 3.05) is 11.9 Å². The van der Waals surface area contributed by atoms with E-state index in [1.165, 1.54) is 18.2 Å². The predicted molar refractivity (Wildman–Crippen MR) is 130 cm³/mol. The number of nitrogens with zero attached hydrogens (tertiary/aromatic N) is 2. The van der Waals surface area contributed by atoms with E-state index in [1.807, 2.05) is 0 Å². The maximum Gasteiger partial charge on any atom is 0.356 e. The lowest BCUT2D eigenvalue weighted by atomic mass is 9.65. The highest BCUT2D eigenvalue weighted by molar-refractivity contribution is 6.29. The van der Waals surface area contributed by atoms with Crippen molar-refractivity contribution in [1.82, 2.24) is 4.98 Å². The number of pyridine rings is 1. The molecule has 3 fully saturated rings. The summed E-state index contributed by atoms with van der Waals surface area (Å²) in [4.78, 5) is 28.9. The largest absolute Gasteiger partial charge is 0.476 e. The molecule has 0 spiro atoms. The van der Waals surface area contributed by atoms with Gasteiger partial charge in [0.1, 0.15) is 27.9 Å². The Bertz CT molecular complexity index is 1490. The minimum Gasteiger partial charge on any atom is -0.476 e. The standard InChI is InChI=1S/C26H23ClFN3O5/c1-13-21(32)17-10-15(28)9-16(14(2)30-18-3-4-19(27)31-20(18)24(33)34)22(17)36-23(13)26-7-5-25(11-29,6-8-26)12-35-26/h3-4,9-10,14,30H,5-8,12H2,1-2H3,(H,33,34)/t14-,25?,26?/m1/s1. The van der Waals surface area contributed by atoms with E-state index in [0.717, 1.165) is 6.07 Å². The highest BCUT2D eigenvalue weighted by Crippen LogP contribution is 2.54. The van der Waals surface area contributed by atoms with Gasteiger partial charge in [-0.3, -0.25) is 4.79 Å². The number of carbonyl (C=O) groups is 1. The molecule has 4 heterocycles. The number of fused-ring (bicyclic) bond motifs is 4. The van der Waals surface area contributed by atoms with Gasteiger partial charge < -0.3 is 19.6 Å². The SMILES string of the molecule is Cc1c(C23CCC(C#N)(CC2)CO3)oc2c([C@@H](C)Nc3ccc(Cl)nc3C(=O)O)cc(F)cc2c1=O. The highest BCUT2D eigenvalue weighted by Gasteiger charge is 2.53. The fourth-order valence-electron chi connectivity index (χ4n) is 5.30. The molecular weight excluding hydrogens is 489 g/mol. The minimum atomic E-state index is -1.28. The third-order valence-corrected chi connectivity index (χ3v) is 7.62. The summed E-state index contributed by atoms with van der Waals surface area (Å²) in [5, 5.41) is 22.2. The molecule has 3 aliphatic rings. The summed E-state index contributed by atoms with van der Waals surface area (Å²) in [6.45, 7) is 3.61. The van der Waals surface area contributed by atoms with E-state index < -0.39 is 28.8 Å². The number of hydrogen-bond donors (Lipinski definition) is 2. The number of benzene rings is 1. The molecule has 1 aromatic carbocycles. The first kappa shape index (κ1) is 24.2. The fraction of sp³-hybridized carbons (Fsp3) is 0.385. The predicted octanol–water partition coefficient (Wildman–Crippen LogP) is 5.47. The number of anilines is 1. The number of nitrogens with one attached hydrogen (secondary N) is 1. The van der Waals surface area contributed by atoms with Crippen LogP contribution in [-0.4, -0.2) is 22.7 Å². The molecule has 1 aliphatic carbocycles. The Kier molecular flexibility index (Phi) is 5.77. The average Bonchev–Trinajstić information content (AvgIpc) is 2.88. The number of rotatable bonds is 5. The Balaban J connectivity index is 1.62. The monoisotopic (exact) mass is 511 g/mol. The number of hydrogen-bond acceptors (Lipinski definition) is 7. The number of ether oxygens (including phenoxy) is 1. The number of carboxylic acid groups (broad SMARTS) is 1. The summed E-state index contributed by atoms with van der Waals surface area (Å²) < 4.78 is 27.2. The third kappa shape index (κ3) is 3.81. The Morgan fingerprint density at radius 1 is 1.31 bits per heavy atom. The number of aromatic carboxylic acids is 1. The quantitative estimate of drug-likeness (QED) is 0.432. The van der Waals surface area contributed by atoms with Crippen molar-refractivity contribution in [1.29, 1.82) is 5.26 Å². The fourth-order valence-corrected chi connectivity index (χ4v) is 5.44. The van der Waals surface area contributed by atoms with Crippen molar-refractivity contribution >= 4 is 34.2 Å². The molecule has 6 rings (SSSR count). The summed E-state index contributed by atoms with van der Waals surface area (Å²) in [5.74, 6) is -1.51. The molecule has 3 aromatic rings. The van der Waals surface area contributed by atoms with Crippen molar-refractivity contribution in [2.24, 2.45) is 5.41 Å². The van der Waals surface area contributed by atoms with Crippen LogP contribution < -0.4 is 10.7 Å². The van der Waals surface area contributed by atoms with E-state index in [0.29, 0.717) is 42.6 Å². The summed E-state index contributed by atoms with van der Waals surface area (Å²) in [6.07, 6.45) is 2.36. The summed E-state index contributed by atoms with van der Waals surface area (Å²) in [6, 6.07) is 7.03. The van der Waals surface area contributed by atoms with Gasteiger partial charge in [-0.1, -0.05) is 11.6 Å². The van der Waals surface area contributed by atoms with Crippen LogP contribution in [0.3, 0.4) is 0 Å². The number of aromatic nitrogens is 1. The Hall–Kier alpha value is -3.48. The van der Waals surface area contributed by atoms with Gasteiger partial charge in [0.25, 0.3) is 0 Å². The molecule has 1 atom stereocenters. The van der Waals surface area contributed by atoms with Gasteiger partial charge in [0, 0.05) is 11.1 Å². The second-order valence-corrected chi connectivity index (χ2v) is 10.0.